The maximum atomic E-state index is 6.08. The van der Waals surface area contributed by atoms with Crippen molar-refractivity contribution in [3.8, 4) is 0 Å². The standard InChI is InChI=1S/C16H18N4/c1-10-4-6-13(17)16(8-10)20(3)12-5-7-14-15(9-12)19-11(2)18-14/h4-9H,17H2,1-3H3,(H,18,19). The molecule has 102 valence electrons. The molecule has 2 aromatic carbocycles. The Morgan fingerprint density at radius 2 is 1.90 bits per heavy atom. The molecule has 4 nitrogen and oxygen atoms in total. The van der Waals surface area contributed by atoms with Gasteiger partial charge in [-0.05, 0) is 49.7 Å². The van der Waals surface area contributed by atoms with E-state index in [-0.39, 0.29) is 0 Å². The van der Waals surface area contributed by atoms with Crippen molar-refractivity contribution in [2.45, 2.75) is 13.8 Å². The van der Waals surface area contributed by atoms with Crippen molar-refractivity contribution >= 4 is 28.1 Å². The van der Waals surface area contributed by atoms with Crippen molar-refractivity contribution in [1.29, 1.82) is 0 Å². The van der Waals surface area contributed by atoms with Gasteiger partial charge in [-0.1, -0.05) is 6.07 Å². The van der Waals surface area contributed by atoms with Gasteiger partial charge in [-0.15, -0.1) is 0 Å². The van der Waals surface area contributed by atoms with Crippen molar-refractivity contribution in [3.05, 3.63) is 47.8 Å². The van der Waals surface area contributed by atoms with Crippen LogP contribution in [0.4, 0.5) is 17.1 Å². The van der Waals surface area contributed by atoms with Gasteiger partial charge in [-0.2, -0.15) is 0 Å². The lowest BCUT2D eigenvalue weighted by Crippen LogP contribution is -2.11. The first-order valence-electron chi connectivity index (χ1n) is 6.61. The van der Waals surface area contributed by atoms with Crippen molar-refractivity contribution in [3.63, 3.8) is 0 Å². The Morgan fingerprint density at radius 3 is 2.70 bits per heavy atom. The third-order valence-corrected chi connectivity index (χ3v) is 3.52. The van der Waals surface area contributed by atoms with Crippen LogP contribution in [0.3, 0.4) is 0 Å². The first-order valence-corrected chi connectivity index (χ1v) is 6.61. The average Bonchev–Trinajstić information content (AvgIpc) is 2.79. The van der Waals surface area contributed by atoms with E-state index in [9.17, 15) is 0 Å². The van der Waals surface area contributed by atoms with E-state index in [2.05, 4.69) is 40.0 Å². The number of fused-ring (bicyclic) bond motifs is 1. The fourth-order valence-electron chi connectivity index (χ4n) is 2.42. The second-order valence-electron chi connectivity index (χ2n) is 5.14. The molecular weight excluding hydrogens is 248 g/mol. The molecular formula is C16H18N4. The van der Waals surface area contributed by atoms with Crippen molar-refractivity contribution < 1.29 is 0 Å². The van der Waals surface area contributed by atoms with Gasteiger partial charge in [0.1, 0.15) is 5.82 Å². The van der Waals surface area contributed by atoms with E-state index >= 15 is 0 Å². The molecule has 20 heavy (non-hydrogen) atoms. The first kappa shape index (κ1) is 12.5. The van der Waals surface area contributed by atoms with Crippen molar-refractivity contribution in [2.75, 3.05) is 17.7 Å². The third kappa shape index (κ3) is 2.09. The molecule has 0 amide bonds. The Labute approximate surface area is 118 Å². The zero-order valence-corrected chi connectivity index (χ0v) is 11.9. The summed E-state index contributed by atoms with van der Waals surface area (Å²) in [6, 6.07) is 12.2. The number of aromatic nitrogens is 2. The van der Waals surface area contributed by atoms with Gasteiger partial charge in [0.15, 0.2) is 0 Å². The summed E-state index contributed by atoms with van der Waals surface area (Å²) < 4.78 is 0. The smallest absolute Gasteiger partial charge is 0.104 e. The van der Waals surface area contributed by atoms with Crippen LogP contribution < -0.4 is 10.6 Å². The highest BCUT2D eigenvalue weighted by atomic mass is 15.1. The first-order chi connectivity index (χ1) is 9.54. The van der Waals surface area contributed by atoms with Gasteiger partial charge >= 0.3 is 0 Å². The number of nitrogen functional groups attached to an aromatic ring is 1. The topological polar surface area (TPSA) is 57.9 Å². The highest BCUT2D eigenvalue weighted by molar-refractivity contribution is 5.83. The summed E-state index contributed by atoms with van der Waals surface area (Å²) in [6.45, 7) is 4.03. The quantitative estimate of drug-likeness (QED) is 0.698. The Kier molecular flexibility index (Phi) is 2.86. The molecule has 0 spiro atoms. The Hall–Kier alpha value is -2.49. The van der Waals surface area contributed by atoms with Crippen LogP contribution in [0.1, 0.15) is 11.4 Å². The van der Waals surface area contributed by atoms with Crippen LogP contribution in [-0.2, 0) is 0 Å². The number of hydrogen-bond acceptors (Lipinski definition) is 3. The SMILES string of the molecule is Cc1ccc(N)c(N(C)c2ccc3nc(C)[nH]c3c2)c1. The molecule has 0 atom stereocenters. The van der Waals surface area contributed by atoms with Crippen molar-refractivity contribution in [2.24, 2.45) is 0 Å². The second kappa shape index (κ2) is 4.56. The maximum absolute atomic E-state index is 6.08. The molecule has 1 heterocycles. The Balaban J connectivity index is 2.07. The number of nitrogens with one attached hydrogen (secondary N) is 1. The summed E-state index contributed by atoms with van der Waals surface area (Å²) >= 11 is 0. The molecule has 1 aromatic heterocycles. The lowest BCUT2D eigenvalue weighted by atomic mass is 10.1. The van der Waals surface area contributed by atoms with Gasteiger partial charge in [0, 0.05) is 12.7 Å². The van der Waals surface area contributed by atoms with Crippen LogP contribution in [0.25, 0.3) is 11.0 Å². The molecule has 0 fully saturated rings. The number of benzene rings is 2. The molecule has 3 N–H and O–H groups in total. The average molecular weight is 266 g/mol. The number of nitrogens with two attached hydrogens (primary N) is 1. The van der Waals surface area contributed by atoms with E-state index in [1.807, 2.05) is 32.2 Å². The molecule has 3 aromatic rings. The molecule has 0 aliphatic carbocycles. The van der Waals surface area contributed by atoms with Crippen LogP contribution in [0.15, 0.2) is 36.4 Å². The zero-order chi connectivity index (χ0) is 14.3. The summed E-state index contributed by atoms with van der Waals surface area (Å²) in [7, 11) is 2.02. The summed E-state index contributed by atoms with van der Waals surface area (Å²) in [5.41, 5.74) is 12.2. The highest BCUT2D eigenvalue weighted by Crippen LogP contribution is 2.31. The number of aromatic amines is 1. The molecule has 0 radical (unpaired) electrons. The Morgan fingerprint density at radius 1 is 1.10 bits per heavy atom. The fourth-order valence-corrected chi connectivity index (χ4v) is 2.42. The van der Waals surface area contributed by atoms with E-state index in [1.54, 1.807) is 0 Å². The van der Waals surface area contributed by atoms with Crippen LogP contribution >= 0.6 is 0 Å². The van der Waals surface area contributed by atoms with E-state index in [4.69, 9.17) is 5.73 Å². The molecule has 0 bridgehead atoms. The van der Waals surface area contributed by atoms with Gasteiger partial charge in [-0.3, -0.25) is 0 Å². The summed E-state index contributed by atoms with van der Waals surface area (Å²) in [6.07, 6.45) is 0. The van der Waals surface area contributed by atoms with Crippen LogP contribution in [0.2, 0.25) is 0 Å². The number of H-pyrrole nitrogens is 1. The minimum Gasteiger partial charge on any atom is -0.397 e. The zero-order valence-electron chi connectivity index (χ0n) is 11.9. The predicted molar refractivity (Wildman–Crippen MR) is 84.5 cm³/mol. The number of anilines is 3. The fraction of sp³-hybridized carbons (Fsp3) is 0.188. The van der Waals surface area contributed by atoms with Gasteiger partial charge in [0.25, 0.3) is 0 Å². The number of aryl methyl sites for hydroxylation is 2. The van der Waals surface area contributed by atoms with Crippen LogP contribution in [0.5, 0.6) is 0 Å². The lowest BCUT2D eigenvalue weighted by Gasteiger charge is -2.21. The van der Waals surface area contributed by atoms with E-state index in [1.165, 1.54) is 5.56 Å². The molecule has 0 unspecified atom stereocenters. The molecule has 3 rings (SSSR count). The monoisotopic (exact) mass is 266 g/mol. The van der Waals surface area contributed by atoms with Gasteiger partial charge in [-0.25, -0.2) is 4.98 Å². The van der Waals surface area contributed by atoms with E-state index < -0.39 is 0 Å². The second-order valence-corrected chi connectivity index (χ2v) is 5.14. The van der Waals surface area contributed by atoms with Gasteiger partial charge in [0.2, 0.25) is 0 Å². The van der Waals surface area contributed by atoms with Gasteiger partial charge < -0.3 is 15.6 Å². The predicted octanol–water partition coefficient (Wildman–Crippen LogP) is 3.53. The third-order valence-electron chi connectivity index (χ3n) is 3.52. The Bertz CT molecular complexity index is 773. The van der Waals surface area contributed by atoms with Crippen molar-refractivity contribution in [1.82, 2.24) is 9.97 Å². The van der Waals surface area contributed by atoms with E-state index in [0.29, 0.717) is 0 Å². The normalized spacial score (nSPS) is 10.9. The largest absolute Gasteiger partial charge is 0.397 e. The molecule has 0 aliphatic rings. The molecule has 4 heteroatoms. The lowest BCUT2D eigenvalue weighted by molar-refractivity contribution is 1.17. The molecule has 0 aliphatic heterocycles. The van der Waals surface area contributed by atoms with Crippen LogP contribution in [-0.4, -0.2) is 17.0 Å². The number of imidazole rings is 1. The highest BCUT2D eigenvalue weighted by Gasteiger charge is 2.09. The minimum atomic E-state index is 0.777. The molecule has 0 saturated carbocycles. The van der Waals surface area contributed by atoms with Gasteiger partial charge in [0.05, 0.1) is 22.4 Å². The molecule has 0 saturated heterocycles. The van der Waals surface area contributed by atoms with Crippen LogP contribution in [0, 0.1) is 13.8 Å². The maximum Gasteiger partial charge on any atom is 0.104 e. The summed E-state index contributed by atoms with van der Waals surface area (Å²) in [5.74, 6) is 0.926. The number of rotatable bonds is 2. The summed E-state index contributed by atoms with van der Waals surface area (Å²) in [4.78, 5) is 9.78. The number of hydrogen-bond donors (Lipinski definition) is 2. The number of nitrogens with zero attached hydrogens (tertiary/aromatic N) is 2. The van der Waals surface area contributed by atoms with E-state index in [0.717, 1.165) is 33.9 Å². The minimum absolute atomic E-state index is 0.777. The summed E-state index contributed by atoms with van der Waals surface area (Å²) in [5, 5.41) is 0.